The molecule has 33 heavy (non-hydrogen) atoms. The molecule has 0 saturated carbocycles. The zero-order valence-corrected chi connectivity index (χ0v) is 18.3. The minimum Gasteiger partial charge on any atom is -0.493 e. The average molecular weight is 466 g/mol. The molecule has 0 unspecified atom stereocenters. The van der Waals surface area contributed by atoms with Crippen LogP contribution in [0.2, 0.25) is 5.02 Å². The monoisotopic (exact) mass is 465 g/mol. The van der Waals surface area contributed by atoms with E-state index in [4.69, 9.17) is 21.1 Å². The van der Waals surface area contributed by atoms with Gasteiger partial charge in [-0.2, -0.15) is 5.10 Å². The number of hydrogen-bond donors (Lipinski definition) is 2. The molecule has 9 heteroatoms. The number of nitrogens with zero attached hydrogens (tertiary/aromatic N) is 1. The number of carbonyl (C=O) groups excluding carboxylic acids is 3. The van der Waals surface area contributed by atoms with Crippen LogP contribution in [0.15, 0.2) is 77.9 Å². The molecule has 0 atom stereocenters. The fraction of sp³-hybridized carbons (Fsp3) is 0.0833. The SMILES string of the molecule is COc1cc(/C=N/NC(=O)C(=O)NCc2ccccc2)ccc1OC(=O)c1ccc(Cl)cc1. The smallest absolute Gasteiger partial charge is 0.343 e. The third kappa shape index (κ3) is 6.91. The summed E-state index contributed by atoms with van der Waals surface area (Å²) in [5, 5.41) is 6.79. The van der Waals surface area contributed by atoms with Crippen LogP contribution < -0.4 is 20.2 Å². The van der Waals surface area contributed by atoms with E-state index in [0.29, 0.717) is 16.1 Å². The van der Waals surface area contributed by atoms with Crippen LogP contribution in [-0.2, 0) is 16.1 Å². The molecule has 168 valence electrons. The number of rotatable bonds is 7. The van der Waals surface area contributed by atoms with Gasteiger partial charge in [0.2, 0.25) is 0 Å². The van der Waals surface area contributed by atoms with Crippen molar-refractivity contribution in [3.63, 3.8) is 0 Å². The van der Waals surface area contributed by atoms with Gasteiger partial charge in [0, 0.05) is 11.6 Å². The molecule has 8 nitrogen and oxygen atoms in total. The van der Waals surface area contributed by atoms with E-state index in [1.807, 2.05) is 30.3 Å². The fourth-order valence-corrected chi connectivity index (χ4v) is 2.79. The molecular formula is C24H20ClN3O5. The van der Waals surface area contributed by atoms with E-state index in [0.717, 1.165) is 5.56 Å². The Morgan fingerprint density at radius 3 is 2.36 bits per heavy atom. The minimum atomic E-state index is -0.900. The Morgan fingerprint density at radius 1 is 0.939 bits per heavy atom. The molecule has 2 N–H and O–H groups in total. The van der Waals surface area contributed by atoms with Crippen molar-refractivity contribution in [3.05, 3.63) is 94.5 Å². The maximum absolute atomic E-state index is 12.3. The van der Waals surface area contributed by atoms with Crippen molar-refractivity contribution < 1.29 is 23.9 Å². The van der Waals surface area contributed by atoms with Crippen molar-refractivity contribution in [1.29, 1.82) is 0 Å². The highest BCUT2D eigenvalue weighted by molar-refractivity contribution is 6.35. The summed E-state index contributed by atoms with van der Waals surface area (Å²) < 4.78 is 10.7. The van der Waals surface area contributed by atoms with Gasteiger partial charge in [-0.05, 0) is 53.6 Å². The molecule has 0 bridgehead atoms. The third-order valence-electron chi connectivity index (χ3n) is 4.35. The highest BCUT2D eigenvalue weighted by atomic mass is 35.5. The van der Waals surface area contributed by atoms with Crippen molar-refractivity contribution in [2.75, 3.05) is 7.11 Å². The number of hydrogen-bond acceptors (Lipinski definition) is 6. The number of esters is 1. The highest BCUT2D eigenvalue weighted by Crippen LogP contribution is 2.28. The highest BCUT2D eigenvalue weighted by Gasteiger charge is 2.14. The summed E-state index contributed by atoms with van der Waals surface area (Å²) in [6, 6.07) is 20.2. The number of amides is 2. The summed E-state index contributed by atoms with van der Waals surface area (Å²) in [5.74, 6) is -1.78. The van der Waals surface area contributed by atoms with Crippen LogP contribution in [-0.4, -0.2) is 31.1 Å². The van der Waals surface area contributed by atoms with Crippen molar-refractivity contribution in [1.82, 2.24) is 10.7 Å². The molecule has 0 spiro atoms. The van der Waals surface area contributed by atoms with Crippen LogP contribution in [0.25, 0.3) is 0 Å². The summed E-state index contributed by atoms with van der Waals surface area (Å²) in [4.78, 5) is 36.1. The van der Waals surface area contributed by atoms with Gasteiger partial charge < -0.3 is 14.8 Å². The molecule has 3 aromatic rings. The molecule has 0 aliphatic rings. The van der Waals surface area contributed by atoms with Crippen molar-refractivity contribution in [2.24, 2.45) is 5.10 Å². The first-order valence-electron chi connectivity index (χ1n) is 9.77. The normalized spacial score (nSPS) is 10.5. The first kappa shape index (κ1) is 23.5. The number of ether oxygens (including phenoxy) is 2. The second-order valence-electron chi connectivity index (χ2n) is 6.67. The molecule has 0 radical (unpaired) electrons. The van der Waals surface area contributed by atoms with Gasteiger partial charge in [0.25, 0.3) is 0 Å². The first-order chi connectivity index (χ1) is 16.0. The molecule has 0 aliphatic carbocycles. The Kier molecular flexibility index (Phi) is 8.15. The molecule has 3 aromatic carbocycles. The Balaban J connectivity index is 1.56. The summed E-state index contributed by atoms with van der Waals surface area (Å²) in [6.07, 6.45) is 1.33. The lowest BCUT2D eigenvalue weighted by atomic mass is 10.2. The molecule has 0 aromatic heterocycles. The number of methoxy groups -OCH3 is 1. The average Bonchev–Trinajstić information content (AvgIpc) is 2.84. The molecule has 0 heterocycles. The van der Waals surface area contributed by atoms with Gasteiger partial charge in [-0.3, -0.25) is 9.59 Å². The van der Waals surface area contributed by atoms with E-state index in [2.05, 4.69) is 15.8 Å². The van der Waals surface area contributed by atoms with Gasteiger partial charge in [0.05, 0.1) is 18.9 Å². The Morgan fingerprint density at radius 2 is 1.67 bits per heavy atom. The van der Waals surface area contributed by atoms with E-state index in [9.17, 15) is 14.4 Å². The van der Waals surface area contributed by atoms with Gasteiger partial charge in [-0.1, -0.05) is 41.9 Å². The molecule has 0 fully saturated rings. The third-order valence-corrected chi connectivity index (χ3v) is 4.60. The van der Waals surface area contributed by atoms with Gasteiger partial charge >= 0.3 is 17.8 Å². The van der Waals surface area contributed by atoms with Crippen LogP contribution in [0.5, 0.6) is 11.5 Å². The predicted octanol–water partition coefficient (Wildman–Crippen LogP) is 3.33. The number of nitrogens with one attached hydrogen (secondary N) is 2. The zero-order valence-electron chi connectivity index (χ0n) is 17.6. The van der Waals surface area contributed by atoms with E-state index < -0.39 is 17.8 Å². The van der Waals surface area contributed by atoms with E-state index >= 15 is 0 Å². The Bertz CT molecular complexity index is 1160. The van der Waals surface area contributed by atoms with Gasteiger partial charge in [0.1, 0.15) is 0 Å². The fourth-order valence-electron chi connectivity index (χ4n) is 2.67. The molecule has 0 saturated heterocycles. The van der Waals surface area contributed by atoms with Gasteiger partial charge in [0.15, 0.2) is 11.5 Å². The first-order valence-corrected chi connectivity index (χ1v) is 10.1. The summed E-state index contributed by atoms with van der Waals surface area (Å²) in [7, 11) is 1.43. The Hall–Kier alpha value is -4.17. The number of hydrazone groups is 1. The van der Waals surface area contributed by atoms with Crippen LogP contribution in [0, 0.1) is 0 Å². The summed E-state index contributed by atoms with van der Waals surface area (Å²) in [6.45, 7) is 0.226. The van der Waals surface area contributed by atoms with Crippen LogP contribution >= 0.6 is 11.6 Å². The molecular weight excluding hydrogens is 446 g/mol. The predicted molar refractivity (Wildman–Crippen MR) is 123 cm³/mol. The van der Waals surface area contributed by atoms with E-state index in [1.54, 1.807) is 36.4 Å². The van der Waals surface area contributed by atoms with Crippen molar-refractivity contribution in [2.45, 2.75) is 6.54 Å². The maximum atomic E-state index is 12.3. The Labute approximate surface area is 195 Å². The number of halogens is 1. The lowest BCUT2D eigenvalue weighted by Crippen LogP contribution is -2.37. The standard InChI is InChI=1S/C24H20ClN3O5/c1-32-21-13-17(7-12-20(21)33-24(31)18-8-10-19(25)11-9-18)15-27-28-23(30)22(29)26-14-16-5-3-2-4-6-16/h2-13,15H,14H2,1H3,(H,26,29)(H,28,30)/b27-15+. The van der Waals surface area contributed by atoms with Crippen LogP contribution in [0.1, 0.15) is 21.5 Å². The second kappa shape index (κ2) is 11.4. The lowest BCUT2D eigenvalue weighted by Gasteiger charge is -2.10. The zero-order chi connectivity index (χ0) is 23.6. The molecule has 0 aliphatic heterocycles. The second-order valence-corrected chi connectivity index (χ2v) is 7.11. The quantitative estimate of drug-likeness (QED) is 0.183. The largest absolute Gasteiger partial charge is 0.493 e. The van der Waals surface area contributed by atoms with Crippen LogP contribution in [0.4, 0.5) is 0 Å². The lowest BCUT2D eigenvalue weighted by molar-refractivity contribution is -0.139. The number of benzene rings is 3. The van der Waals surface area contributed by atoms with E-state index in [-0.39, 0.29) is 18.0 Å². The van der Waals surface area contributed by atoms with E-state index in [1.165, 1.54) is 19.4 Å². The summed E-state index contributed by atoms with van der Waals surface area (Å²) in [5.41, 5.74) is 3.90. The van der Waals surface area contributed by atoms with Gasteiger partial charge in [-0.15, -0.1) is 0 Å². The number of carbonyl (C=O) groups is 3. The van der Waals surface area contributed by atoms with Crippen LogP contribution in [0.3, 0.4) is 0 Å². The minimum absolute atomic E-state index is 0.207. The topological polar surface area (TPSA) is 106 Å². The van der Waals surface area contributed by atoms with Crippen molar-refractivity contribution >= 4 is 35.6 Å². The van der Waals surface area contributed by atoms with Gasteiger partial charge in [-0.25, -0.2) is 10.2 Å². The summed E-state index contributed by atoms with van der Waals surface area (Å²) >= 11 is 5.83. The maximum Gasteiger partial charge on any atom is 0.343 e. The molecule has 3 rings (SSSR count). The van der Waals surface area contributed by atoms with Crippen molar-refractivity contribution in [3.8, 4) is 11.5 Å². The molecule has 2 amide bonds.